The molecule has 0 heterocycles. The zero-order chi connectivity index (χ0) is 18.7. The molecule has 0 unspecified atom stereocenters. The Hall–Kier alpha value is -3.02. The van der Waals surface area contributed by atoms with E-state index in [1.807, 2.05) is 60.7 Å². The first-order valence-electron chi connectivity index (χ1n) is 9.04. The Bertz CT molecular complexity index is 735. The van der Waals surface area contributed by atoms with Gasteiger partial charge in [0, 0.05) is 11.1 Å². The molecule has 0 atom stereocenters. The summed E-state index contributed by atoms with van der Waals surface area (Å²) in [5.41, 5.74) is -0.380. The molecule has 0 aliphatic heterocycles. The maximum Gasteiger partial charge on any atom is 0.258 e. The summed E-state index contributed by atoms with van der Waals surface area (Å²) in [6, 6.07) is 18.5. The molecule has 3 aliphatic rings. The molecular weight excluding hydrogens is 344 g/mol. The molecule has 27 heavy (non-hydrogen) atoms. The lowest BCUT2D eigenvalue weighted by atomic mass is 9.44. The zero-order valence-corrected chi connectivity index (χ0v) is 14.9. The van der Waals surface area contributed by atoms with Crippen molar-refractivity contribution in [2.75, 3.05) is 13.2 Å². The minimum atomic E-state index is -0.190. The summed E-state index contributed by atoms with van der Waals surface area (Å²) in [6.45, 7) is -0.00786. The van der Waals surface area contributed by atoms with Crippen LogP contribution in [0, 0.1) is 0 Å². The molecule has 140 valence electrons. The van der Waals surface area contributed by atoms with E-state index in [0.29, 0.717) is 11.5 Å². The number of carbonyl (C=O) groups excluding carboxylic acids is 2. The van der Waals surface area contributed by atoms with Gasteiger partial charge in [-0.05, 0) is 43.5 Å². The molecule has 2 aromatic rings. The number of hydrogen-bond donors (Lipinski definition) is 2. The van der Waals surface area contributed by atoms with Gasteiger partial charge in [0.1, 0.15) is 11.5 Å². The van der Waals surface area contributed by atoms with Crippen molar-refractivity contribution in [3.63, 3.8) is 0 Å². The first kappa shape index (κ1) is 17.4. The molecule has 0 saturated heterocycles. The highest BCUT2D eigenvalue weighted by molar-refractivity contribution is 5.81. The SMILES string of the molecule is O=C(COc1ccccc1)NC12CC(NC(=O)COc3ccccc3)(C1)C2. The van der Waals surface area contributed by atoms with Gasteiger partial charge in [0.25, 0.3) is 11.8 Å². The van der Waals surface area contributed by atoms with Crippen molar-refractivity contribution in [2.45, 2.75) is 30.3 Å². The Morgan fingerprint density at radius 1 is 0.704 bits per heavy atom. The Morgan fingerprint density at radius 3 is 1.44 bits per heavy atom. The van der Waals surface area contributed by atoms with Crippen molar-refractivity contribution in [3.05, 3.63) is 60.7 Å². The number of para-hydroxylation sites is 2. The van der Waals surface area contributed by atoms with Gasteiger partial charge in [0.05, 0.1) is 0 Å². The van der Waals surface area contributed by atoms with E-state index in [-0.39, 0.29) is 36.1 Å². The number of hydrogen-bond acceptors (Lipinski definition) is 4. The third-order valence-corrected chi connectivity index (χ3v) is 5.07. The van der Waals surface area contributed by atoms with E-state index < -0.39 is 0 Å². The average molecular weight is 366 g/mol. The van der Waals surface area contributed by atoms with Crippen LogP contribution in [0.3, 0.4) is 0 Å². The zero-order valence-electron chi connectivity index (χ0n) is 14.9. The van der Waals surface area contributed by atoms with Crippen molar-refractivity contribution in [1.29, 1.82) is 0 Å². The second-order valence-electron chi connectivity index (χ2n) is 7.39. The summed E-state index contributed by atoms with van der Waals surface area (Å²) >= 11 is 0. The Kier molecular flexibility index (Phi) is 4.48. The van der Waals surface area contributed by atoms with E-state index in [1.165, 1.54) is 0 Å². The largest absolute Gasteiger partial charge is 0.484 e. The second-order valence-corrected chi connectivity index (χ2v) is 7.39. The Morgan fingerprint density at radius 2 is 1.07 bits per heavy atom. The van der Waals surface area contributed by atoms with Crippen molar-refractivity contribution >= 4 is 11.8 Å². The molecule has 3 aliphatic carbocycles. The van der Waals surface area contributed by atoms with Gasteiger partial charge in [-0.2, -0.15) is 0 Å². The van der Waals surface area contributed by atoms with Gasteiger partial charge in [0.15, 0.2) is 13.2 Å². The van der Waals surface area contributed by atoms with Gasteiger partial charge in [-0.15, -0.1) is 0 Å². The van der Waals surface area contributed by atoms with Gasteiger partial charge >= 0.3 is 0 Å². The first-order chi connectivity index (χ1) is 13.1. The number of benzene rings is 2. The fraction of sp³-hybridized carbons (Fsp3) is 0.333. The molecule has 0 radical (unpaired) electrons. The summed E-state index contributed by atoms with van der Waals surface area (Å²) in [5.74, 6) is 1.08. The maximum atomic E-state index is 12.1. The normalized spacial score (nSPS) is 24.7. The van der Waals surface area contributed by atoms with E-state index in [0.717, 1.165) is 19.3 Å². The van der Waals surface area contributed by atoms with Crippen LogP contribution in [0.25, 0.3) is 0 Å². The van der Waals surface area contributed by atoms with Gasteiger partial charge in [-0.25, -0.2) is 0 Å². The summed E-state index contributed by atoms with van der Waals surface area (Å²) < 4.78 is 10.9. The topological polar surface area (TPSA) is 76.7 Å². The van der Waals surface area contributed by atoms with E-state index >= 15 is 0 Å². The van der Waals surface area contributed by atoms with Gasteiger partial charge in [-0.1, -0.05) is 36.4 Å². The number of rotatable bonds is 8. The highest BCUT2D eigenvalue weighted by Crippen LogP contribution is 2.60. The highest BCUT2D eigenvalue weighted by atomic mass is 16.5. The predicted octanol–water partition coefficient (Wildman–Crippen LogP) is 2.05. The molecule has 2 aromatic carbocycles. The van der Waals surface area contributed by atoms with E-state index in [1.54, 1.807) is 0 Å². The van der Waals surface area contributed by atoms with Crippen LogP contribution < -0.4 is 20.1 Å². The van der Waals surface area contributed by atoms with Crippen molar-refractivity contribution in [2.24, 2.45) is 0 Å². The maximum absolute atomic E-state index is 12.1. The van der Waals surface area contributed by atoms with Gasteiger partial charge in [-0.3, -0.25) is 9.59 Å². The van der Waals surface area contributed by atoms with E-state index in [2.05, 4.69) is 10.6 Å². The number of carbonyl (C=O) groups is 2. The highest BCUT2D eigenvalue weighted by Gasteiger charge is 2.69. The molecule has 6 heteroatoms. The van der Waals surface area contributed by atoms with Crippen molar-refractivity contribution in [1.82, 2.24) is 10.6 Å². The van der Waals surface area contributed by atoms with Crippen LogP contribution >= 0.6 is 0 Å². The molecule has 3 fully saturated rings. The summed E-state index contributed by atoms with van der Waals surface area (Å²) in [7, 11) is 0. The average Bonchev–Trinajstić information content (AvgIpc) is 2.64. The molecule has 6 nitrogen and oxygen atoms in total. The third kappa shape index (κ3) is 3.89. The van der Waals surface area contributed by atoms with Crippen LogP contribution in [-0.4, -0.2) is 36.1 Å². The summed E-state index contributed by atoms with van der Waals surface area (Å²) in [6.07, 6.45) is 2.27. The molecule has 2 amide bonds. The van der Waals surface area contributed by atoms with Crippen LogP contribution in [0.4, 0.5) is 0 Å². The quantitative estimate of drug-likeness (QED) is 0.750. The molecule has 0 spiro atoms. The molecular formula is C21H22N2O4. The molecule has 2 N–H and O–H groups in total. The minimum Gasteiger partial charge on any atom is -0.484 e. The monoisotopic (exact) mass is 366 g/mol. The summed E-state index contributed by atoms with van der Waals surface area (Å²) in [4.78, 5) is 24.2. The van der Waals surface area contributed by atoms with Crippen LogP contribution in [0.2, 0.25) is 0 Å². The predicted molar refractivity (Wildman–Crippen MR) is 99.5 cm³/mol. The minimum absolute atomic E-state index is 0.00393. The van der Waals surface area contributed by atoms with Crippen molar-refractivity contribution < 1.29 is 19.1 Å². The second kappa shape index (κ2) is 6.95. The lowest BCUT2D eigenvalue weighted by Gasteiger charge is -2.70. The Balaban J connectivity index is 1.16. The molecule has 5 rings (SSSR count). The van der Waals surface area contributed by atoms with Crippen molar-refractivity contribution in [3.8, 4) is 11.5 Å². The van der Waals surface area contributed by atoms with Crippen LogP contribution in [0.15, 0.2) is 60.7 Å². The number of nitrogens with one attached hydrogen (secondary N) is 2. The molecule has 2 bridgehead atoms. The van der Waals surface area contributed by atoms with Crippen LogP contribution in [0.5, 0.6) is 11.5 Å². The van der Waals surface area contributed by atoms with Crippen LogP contribution in [-0.2, 0) is 9.59 Å². The molecule has 0 aromatic heterocycles. The van der Waals surface area contributed by atoms with Crippen LogP contribution in [0.1, 0.15) is 19.3 Å². The Labute approximate surface area is 157 Å². The number of amides is 2. The first-order valence-corrected chi connectivity index (χ1v) is 9.04. The van der Waals surface area contributed by atoms with Gasteiger partial charge in [0.2, 0.25) is 0 Å². The van der Waals surface area contributed by atoms with Gasteiger partial charge < -0.3 is 20.1 Å². The summed E-state index contributed by atoms with van der Waals surface area (Å²) in [5, 5.41) is 6.08. The third-order valence-electron chi connectivity index (χ3n) is 5.07. The molecule has 3 saturated carbocycles. The standard InChI is InChI=1S/C21H22N2O4/c24-18(11-26-16-7-3-1-4-8-16)22-20-13-21(14-20,15-20)23-19(25)12-27-17-9-5-2-6-10-17/h1-10H,11-15H2,(H,22,24)(H,23,25). The van der Waals surface area contributed by atoms with E-state index in [9.17, 15) is 9.59 Å². The fourth-order valence-electron chi connectivity index (χ4n) is 4.05. The fourth-order valence-corrected chi connectivity index (χ4v) is 4.05. The lowest BCUT2D eigenvalue weighted by Crippen LogP contribution is -2.84. The lowest BCUT2D eigenvalue weighted by molar-refractivity contribution is -0.151. The smallest absolute Gasteiger partial charge is 0.258 e. The number of ether oxygens (including phenoxy) is 2. The van der Waals surface area contributed by atoms with E-state index in [4.69, 9.17) is 9.47 Å².